The highest BCUT2D eigenvalue weighted by molar-refractivity contribution is 6.42. The number of ether oxygens (including phenoxy) is 3. The van der Waals surface area contributed by atoms with Gasteiger partial charge >= 0.3 is 6.03 Å². The highest BCUT2D eigenvalue weighted by Crippen LogP contribution is 2.40. The van der Waals surface area contributed by atoms with Crippen LogP contribution in [0.1, 0.15) is 32.3 Å². The molecule has 2 aromatic carbocycles. The van der Waals surface area contributed by atoms with Crippen LogP contribution in [0, 0.1) is 11.8 Å². The normalized spacial score (nSPS) is 19.9. The first-order chi connectivity index (χ1) is 18.6. The van der Waals surface area contributed by atoms with Crippen LogP contribution in [0.2, 0.25) is 10.0 Å². The number of amides is 2. The number of anilines is 1. The van der Waals surface area contributed by atoms with Gasteiger partial charge in [-0.25, -0.2) is 4.79 Å². The lowest BCUT2D eigenvalue weighted by molar-refractivity contribution is -0.935. The average molecular weight is 584 g/mol. The number of benzene rings is 2. The Hall–Kier alpha value is -2.39. The second kappa shape index (κ2) is 14.3. The third-order valence-corrected chi connectivity index (χ3v) is 8.47. The molecule has 1 aliphatic heterocycles. The third kappa shape index (κ3) is 8.30. The largest absolute Gasteiger partial charge is 0.493 e. The second-order valence-electron chi connectivity index (χ2n) is 10.7. The Morgan fingerprint density at radius 2 is 1.67 bits per heavy atom. The molecule has 2 aromatic rings. The third-order valence-electron chi connectivity index (χ3n) is 7.73. The van der Waals surface area contributed by atoms with Gasteiger partial charge < -0.3 is 34.4 Å². The smallest absolute Gasteiger partial charge is 0.319 e. The van der Waals surface area contributed by atoms with Gasteiger partial charge in [0.25, 0.3) is 0 Å². The Bertz CT molecular complexity index is 1080. The number of carbonyl (C=O) groups excluding carboxylic acids is 1. The molecule has 0 saturated carbocycles. The van der Waals surface area contributed by atoms with Crippen molar-refractivity contribution in [1.82, 2.24) is 5.32 Å². The summed E-state index contributed by atoms with van der Waals surface area (Å²) in [6.07, 6.45) is 3.05. The number of piperidine rings is 1. The van der Waals surface area contributed by atoms with E-state index in [4.69, 9.17) is 37.4 Å². The lowest BCUT2D eigenvalue weighted by atomic mass is 9.88. The number of hydrogen-bond donors (Lipinski definition) is 3. The summed E-state index contributed by atoms with van der Waals surface area (Å²) in [7, 11) is 4.61. The summed E-state index contributed by atoms with van der Waals surface area (Å²) in [6.45, 7) is 7.64. The number of nitrogens with zero attached hydrogens (tertiary/aromatic N) is 1. The van der Waals surface area contributed by atoms with Gasteiger partial charge in [0.1, 0.15) is 6.54 Å². The Balaban J connectivity index is 1.65. The minimum atomic E-state index is -0.306. The van der Waals surface area contributed by atoms with E-state index in [1.807, 2.05) is 18.2 Å². The van der Waals surface area contributed by atoms with Crippen LogP contribution in [0.3, 0.4) is 0 Å². The molecule has 0 bridgehead atoms. The van der Waals surface area contributed by atoms with E-state index < -0.39 is 0 Å². The van der Waals surface area contributed by atoms with Crippen LogP contribution in [0.4, 0.5) is 10.5 Å². The summed E-state index contributed by atoms with van der Waals surface area (Å²) < 4.78 is 17.0. The van der Waals surface area contributed by atoms with Crippen molar-refractivity contribution in [3.8, 4) is 17.2 Å². The summed E-state index contributed by atoms with van der Waals surface area (Å²) in [5, 5.41) is 17.2. The van der Waals surface area contributed by atoms with Gasteiger partial charge in [0, 0.05) is 12.1 Å². The van der Waals surface area contributed by atoms with Gasteiger partial charge in [-0.15, -0.1) is 0 Å². The molecular formula is C29H42Cl2N3O5+. The number of carbonyl (C=O) groups is 1. The van der Waals surface area contributed by atoms with Crippen molar-refractivity contribution in [3.63, 3.8) is 0 Å². The number of methoxy groups -OCH3 is 3. The molecule has 0 radical (unpaired) electrons. The lowest BCUT2D eigenvalue weighted by Gasteiger charge is -2.46. The van der Waals surface area contributed by atoms with Gasteiger partial charge in [0.15, 0.2) is 11.5 Å². The van der Waals surface area contributed by atoms with Crippen molar-refractivity contribution >= 4 is 34.9 Å². The van der Waals surface area contributed by atoms with Crippen LogP contribution in [0.5, 0.6) is 17.2 Å². The Kier molecular flexibility index (Phi) is 11.4. The first-order valence-corrected chi connectivity index (χ1v) is 14.2. The zero-order valence-corrected chi connectivity index (χ0v) is 25.1. The number of likely N-dealkylation sites (tertiary alicyclic amines) is 1. The monoisotopic (exact) mass is 582 g/mol. The molecule has 3 rings (SSSR count). The van der Waals surface area contributed by atoms with Crippen LogP contribution < -0.4 is 24.8 Å². The average Bonchev–Trinajstić information content (AvgIpc) is 2.91. The number of quaternary nitrogens is 1. The summed E-state index contributed by atoms with van der Waals surface area (Å²) in [6, 6.07) is 8.87. The van der Waals surface area contributed by atoms with Gasteiger partial charge in [0.05, 0.1) is 69.3 Å². The molecule has 0 spiro atoms. The summed E-state index contributed by atoms with van der Waals surface area (Å²) in [4.78, 5) is 13.1. The molecule has 8 nitrogen and oxygen atoms in total. The van der Waals surface area contributed by atoms with Crippen LogP contribution in [0.15, 0.2) is 30.3 Å². The molecule has 39 heavy (non-hydrogen) atoms. The van der Waals surface area contributed by atoms with Crippen molar-refractivity contribution in [3.05, 3.63) is 45.9 Å². The number of hydrogen-bond acceptors (Lipinski definition) is 5. The van der Waals surface area contributed by atoms with Crippen LogP contribution in [-0.4, -0.2) is 75.8 Å². The van der Waals surface area contributed by atoms with Crippen molar-refractivity contribution in [1.29, 1.82) is 0 Å². The molecule has 0 aromatic heterocycles. The van der Waals surface area contributed by atoms with Crippen LogP contribution in [-0.2, 0) is 6.42 Å². The van der Waals surface area contributed by atoms with Crippen molar-refractivity contribution < 1.29 is 28.6 Å². The van der Waals surface area contributed by atoms with Gasteiger partial charge in [-0.3, -0.25) is 0 Å². The Labute approximate surface area is 242 Å². The van der Waals surface area contributed by atoms with E-state index in [-0.39, 0.29) is 24.6 Å². The predicted octanol–water partition coefficient (Wildman–Crippen LogP) is 5.63. The first kappa shape index (κ1) is 31.1. The Morgan fingerprint density at radius 1 is 1.03 bits per heavy atom. The standard InChI is InChI=1S/C29H41Cl2N3O5/c1-19(2)25(33-29(36)32-22-16-26(37-3)28(39-5)27(17-22)38-4)18-34(12-13-35)10-8-20(9-11-34)14-21-6-7-23(30)24(31)15-21/h6-7,15-17,19-20,25,35H,8-14,18H2,1-5H3,(H-,32,33,36)/p+1/t20?,25-,34?/m1/s1. The van der Waals surface area contributed by atoms with Crippen molar-refractivity contribution in [2.75, 3.05) is 59.4 Å². The predicted molar refractivity (Wildman–Crippen MR) is 157 cm³/mol. The molecule has 1 saturated heterocycles. The molecule has 1 aliphatic rings. The fraction of sp³-hybridized carbons (Fsp3) is 0.552. The highest BCUT2D eigenvalue weighted by atomic mass is 35.5. The molecule has 0 aliphatic carbocycles. The molecule has 1 heterocycles. The van der Waals surface area contributed by atoms with E-state index in [1.54, 1.807) is 12.1 Å². The molecule has 10 heteroatoms. The maximum absolute atomic E-state index is 13.1. The lowest BCUT2D eigenvalue weighted by Crippen LogP contribution is -2.61. The number of halogens is 2. The van der Waals surface area contributed by atoms with E-state index in [2.05, 4.69) is 24.5 Å². The van der Waals surface area contributed by atoms with E-state index in [0.717, 1.165) is 43.4 Å². The number of nitrogens with one attached hydrogen (secondary N) is 2. The van der Waals surface area contributed by atoms with Gasteiger partial charge in [-0.2, -0.15) is 0 Å². The molecule has 3 N–H and O–H groups in total. The van der Waals surface area contributed by atoms with Crippen molar-refractivity contribution in [2.24, 2.45) is 11.8 Å². The fourth-order valence-electron chi connectivity index (χ4n) is 5.41. The molecule has 0 unspecified atom stereocenters. The maximum atomic E-state index is 13.1. The van der Waals surface area contributed by atoms with Gasteiger partial charge in [0.2, 0.25) is 5.75 Å². The van der Waals surface area contributed by atoms with Gasteiger partial charge in [-0.1, -0.05) is 43.1 Å². The molecule has 1 atom stereocenters. The molecular weight excluding hydrogens is 541 g/mol. The molecule has 1 fully saturated rings. The zero-order valence-electron chi connectivity index (χ0n) is 23.6. The summed E-state index contributed by atoms with van der Waals surface area (Å²) in [5.41, 5.74) is 1.73. The number of urea groups is 1. The molecule has 2 amide bonds. The topological polar surface area (TPSA) is 89.1 Å². The minimum absolute atomic E-state index is 0.0785. The quantitative estimate of drug-likeness (QED) is 0.282. The fourth-order valence-corrected chi connectivity index (χ4v) is 5.73. The van der Waals surface area contributed by atoms with E-state index in [9.17, 15) is 9.90 Å². The van der Waals surface area contributed by atoms with Gasteiger partial charge in [-0.05, 0) is 48.8 Å². The van der Waals surface area contributed by atoms with Crippen molar-refractivity contribution in [2.45, 2.75) is 39.2 Å². The number of aliphatic hydroxyl groups excluding tert-OH is 1. The summed E-state index contributed by atoms with van der Waals surface area (Å²) in [5.74, 6) is 2.14. The maximum Gasteiger partial charge on any atom is 0.319 e. The number of rotatable bonds is 12. The van der Waals surface area contributed by atoms with E-state index >= 15 is 0 Å². The highest BCUT2D eigenvalue weighted by Gasteiger charge is 2.37. The summed E-state index contributed by atoms with van der Waals surface area (Å²) >= 11 is 12.3. The SMILES string of the molecule is COc1cc(NC(=O)N[C@H](C[N+]2(CCO)CCC(Cc3ccc(Cl)c(Cl)c3)CC2)C(C)C)cc(OC)c1OC. The molecule has 216 valence electrons. The zero-order chi connectivity index (χ0) is 28.6. The van der Waals surface area contributed by atoms with Crippen LogP contribution >= 0.6 is 23.2 Å². The first-order valence-electron chi connectivity index (χ1n) is 13.4. The number of aliphatic hydroxyl groups is 1. The van der Waals surface area contributed by atoms with E-state index in [0.29, 0.717) is 45.4 Å². The van der Waals surface area contributed by atoms with E-state index in [1.165, 1.54) is 26.9 Å². The second-order valence-corrected chi connectivity index (χ2v) is 11.5. The minimum Gasteiger partial charge on any atom is -0.493 e. The van der Waals surface area contributed by atoms with Crippen LogP contribution in [0.25, 0.3) is 0 Å². The Morgan fingerprint density at radius 3 is 2.18 bits per heavy atom.